The van der Waals surface area contributed by atoms with Crippen molar-refractivity contribution in [1.29, 1.82) is 0 Å². The van der Waals surface area contributed by atoms with Gasteiger partial charge in [0.2, 0.25) is 0 Å². The Balaban J connectivity index is 1.68. The zero-order valence-corrected chi connectivity index (χ0v) is 10.3. The van der Waals surface area contributed by atoms with Gasteiger partial charge in [-0.25, -0.2) is 0 Å². The molecule has 5 nitrogen and oxygen atoms in total. The van der Waals surface area contributed by atoms with E-state index in [-0.39, 0.29) is 5.69 Å². The molecule has 1 saturated heterocycles. The molecule has 5 heteroatoms. The lowest BCUT2D eigenvalue weighted by atomic mass is 10.1. The highest BCUT2D eigenvalue weighted by Gasteiger charge is 2.13. The second kappa shape index (κ2) is 6.35. The van der Waals surface area contributed by atoms with E-state index in [1.165, 1.54) is 25.0 Å². The average molecular weight is 250 g/mol. The van der Waals surface area contributed by atoms with Gasteiger partial charge >= 0.3 is 0 Å². The monoisotopic (exact) mass is 250 g/mol. The molecule has 0 bridgehead atoms. The van der Waals surface area contributed by atoms with Gasteiger partial charge in [-0.3, -0.25) is 10.1 Å². The summed E-state index contributed by atoms with van der Waals surface area (Å²) in [6, 6.07) is 6.87. The maximum Gasteiger partial charge on any atom is 0.269 e. The number of rotatable bonds is 6. The second-order valence-electron chi connectivity index (χ2n) is 4.53. The molecule has 1 heterocycles. The Morgan fingerprint density at radius 1 is 1.39 bits per heavy atom. The van der Waals surface area contributed by atoms with Gasteiger partial charge in [0.1, 0.15) is 5.75 Å². The Morgan fingerprint density at radius 3 is 2.78 bits per heavy atom. The van der Waals surface area contributed by atoms with Gasteiger partial charge in [-0.15, -0.1) is 0 Å². The van der Waals surface area contributed by atoms with Crippen molar-refractivity contribution >= 4 is 5.69 Å². The van der Waals surface area contributed by atoms with Crippen LogP contribution in [0.2, 0.25) is 0 Å². The van der Waals surface area contributed by atoms with Crippen molar-refractivity contribution in [3.05, 3.63) is 34.4 Å². The van der Waals surface area contributed by atoms with Crippen LogP contribution >= 0.6 is 0 Å². The third-order valence-electron chi connectivity index (χ3n) is 3.18. The number of benzene rings is 1. The maximum absolute atomic E-state index is 10.5. The van der Waals surface area contributed by atoms with E-state index in [9.17, 15) is 10.1 Å². The summed E-state index contributed by atoms with van der Waals surface area (Å²) in [7, 11) is 0. The molecule has 0 saturated carbocycles. The molecule has 1 N–H and O–H groups in total. The number of nitro benzene ring substituents is 1. The lowest BCUT2D eigenvalue weighted by Gasteiger charge is -2.10. The molecule has 1 unspecified atom stereocenters. The quantitative estimate of drug-likeness (QED) is 0.478. The van der Waals surface area contributed by atoms with E-state index >= 15 is 0 Å². The van der Waals surface area contributed by atoms with Crippen LogP contribution in [0.4, 0.5) is 5.69 Å². The standard InChI is InChI=1S/C13H18N2O3/c16-15(17)12-5-7-13(8-6-12)18-10-2-4-11-3-1-9-14-11/h5-8,11,14H,1-4,9-10H2. The van der Waals surface area contributed by atoms with Crippen LogP contribution in [0.1, 0.15) is 25.7 Å². The van der Waals surface area contributed by atoms with E-state index in [0.29, 0.717) is 18.4 Å². The number of hydrogen-bond acceptors (Lipinski definition) is 4. The molecular weight excluding hydrogens is 232 g/mol. The first-order chi connectivity index (χ1) is 8.75. The van der Waals surface area contributed by atoms with Crippen molar-refractivity contribution in [2.45, 2.75) is 31.7 Å². The summed E-state index contributed by atoms with van der Waals surface area (Å²) in [6.07, 6.45) is 4.67. The van der Waals surface area contributed by atoms with Crippen molar-refractivity contribution in [2.75, 3.05) is 13.2 Å². The molecule has 1 fully saturated rings. The SMILES string of the molecule is O=[N+]([O-])c1ccc(OCCCC2CCCN2)cc1. The summed E-state index contributed by atoms with van der Waals surface area (Å²) in [5.41, 5.74) is 0.0949. The fourth-order valence-electron chi connectivity index (χ4n) is 2.19. The maximum atomic E-state index is 10.5. The summed E-state index contributed by atoms with van der Waals surface area (Å²) in [4.78, 5) is 10.1. The number of nitro groups is 1. The van der Waals surface area contributed by atoms with Crippen LogP contribution in [-0.4, -0.2) is 24.1 Å². The fourth-order valence-corrected chi connectivity index (χ4v) is 2.19. The van der Waals surface area contributed by atoms with Crippen molar-refractivity contribution in [3.8, 4) is 5.75 Å². The molecule has 0 aliphatic carbocycles. The van der Waals surface area contributed by atoms with E-state index < -0.39 is 4.92 Å². The Morgan fingerprint density at radius 2 is 2.17 bits per heavy atom. The van der Waals surface area contributed by atoms with E-state index in [1.54, 1.807) is 12.1 Å². The summed E-state index contributed by atoms with van der Waals surface area (Å²) in [5.74, 6) is 0.694. The number of nitrogens with zero attached hydrogens (tertiary/aromatic N) is 1. The first-order valence-corrected chi connectivity index (χ1v) is 6.36. The molecule has 0 aromatic heterocycles. The first-order valence-electron chi connectivity index (χ1n) is 6.36. The minimum atomic E-state index is -0.407. The van der Waals surface area contributed by atoms with Crippen molar-refractivity contribution in [1.82, 2.24) is 5.32 Å². The minimum absolute atomic E-state index is 0.0949. The third kappa shape index (κ3) is 3.70. The van der Waals surface area contributed by atoms with Gasteiger partial charge in [0.25, 0.3) is 5.69 Å². The molecule has 1 aromatic rings. The summed E-state index contributed by atoms with van der Waals surface area (Å²) >= 11 is 0. The third-order valence-corrected chi connectivity index (χ3v) is 3.18. The fraction of sp³-hybridized carbons (Fsp3) is 0.538. The predicted octanol–water partition coefficient (Wildman–Crippen LogP) is 2.51. The summed E-state index contributed by atoms with van der Waals surface area (Å²) in [5, 5.41) is 13.9. The molecule has 98 valence electrons. The number of nitrogens with one attached hydrogen (secondary N) is 1. The van der Waals surface area contributed by atoms with Crippen molar-refractivity contribution in [2.24, 2.45) is 0 Å². The van der Waals surface area contributed by atoms with Crippen LogP contribution in [0.5, 0.6) is 5.75 Å². The lowest BCUT2D eigenvalue weighted by molar-refractivity contribution is -0.384. The largest absolute Gasteiger partial charge is 0.494 e. The van der Waals surface area contributed by atoms with Gasteiger partial charge < -0.3 is 10.1 Å². The lowest BCUT2D eigenvalue weighted by Crippen LogP contribution is -2.21. The molecule has 1 aliphatic heterocycles. The molecule has 2 rings (SSSR count). The Kier molecular flexibility index (Phi) is 4.52. The zero-order valence-electron chi connectivity index (χ0n) is 10.3. The second-order valence-corrected chi connectivity index (χ2v) is 4.53. The van der Waals surface area contributed by atoms with Crippen LogP contribution in [0, 0.1) is 10.1 Å². The number of non-ortho nitro benzene ring substituents is 1. The van der Waals surface area contributed by atoms with Crippen LogP contribution in [0.25, 0.3) is 0 Å². The highest BCUT2D eigenvalue weighted by Crippen LogP contribution is 2.18. The summed E-state index contributed by atoms with van der Waals surface area (Å²) in [6.45, 7) is 1.80. The van der Waals surface area contributed by atoms with Gasteiger partial charge in [-0.2, -0.15) is 0 Å². The van der Waals surface area contributed by atoms with Gasteiger partial charge in [-0.05, 0) is 44.4 Å². The van der Waals surface area contributed by atoms with Crippen LogP contribution in [0.15, 0.2) is 24.3 Å². The van der Waals surface area contributed by atoms with E-state index in [4.69, 9.17) is 4.74 Å². The Bertz CT molecular complexity index is 386. The average Bonchev–Trinajstić information content (AvgIpc) is 2.88. The molecule has 1 aliphatic rings. The smallest absolute Gasteiger partial charge is 0.269 e. The molecule has 18 heavy (non-hydrogen) atoms. The molecule has 0 radical (unpaired) electrons. The van der Waals surface area contributed by atoms with Gasteiger partial charge in [-0.1, -0.05) is 0 Å². The molecule has 1 atom stereocenters. The Hall–Kier alpha value is -1.62. The predicted molar refractivity (Wildman–Crippen MR) is 68.9 cm³/mol. The van der Waals surface area contributed by atoms with Gasteiger partial charge in [0, 0.05) is 18.2 Å². The van der Waals surface area contributed by atoms with Crippen LogP contribution in [-0.2, 0) is 0 Å². The molecular formula is C13H18N2O3. The molecule has 0 spiro atoms. The van der Waals surface area contributed by atoms with Crippen molar-refractivity contribution < 1.29 is 9.66 Å². The summed E-state index contributed by atoms with van der Waals surface area (Å²) < 4.78 is 5.55. The van der Waals surface area contributed by atoms with Gasteiger partial charge in [0.05, 0.1) is 11.5 Å². The van der Waals surface area contributed by atoms with E-state index in [1.807, 2.05) is 0 Å². The Labute approximate surface area is 106 Å². The van der Waals surface area contributed by atoms with E-state index in [0.717, 1.165) is 19.4 Å². The zero-order chi connectivity index (χ0) is 12.8. The number of ether oxygens (including phenoxy) is 1. The highest BCUT2D eigenvalue weighted by molar-refractivity contribution is 5.35. The first kappa shape index (κ1) is 12.8. The van der Waals surface area contributed by atoms with Crippen LogP contribution in [0.3, 0.4) is 0 Å². The normalized spacial score (nSPS) is 18.8. The number of hydrogen-bond donors (Lipinski definition) is 1. The highest BCUT2D eigenvalue weighted by atomic mass is 16.6. The molecule has 1 aromatic carbocycles. The van der Waals surface area contributed by atoms with Crippen molar-refractivity contribution in [3.63, 3.8) is 0 Å². The minimum Gasteiger partial charge on any atom is -0.494 e. The van der Waals surface area contributed by atoms with E-state index in [2.05, 4.69) is 5.32 Å². The topological polar surface area (TPSA) is 64.4 Å². The van der Waals surface area contributed by atoms with Crippen LogP contribution < -0.4 is 10.1 Å². The van der Waals surface area contributed by atoms with Gasteiger partial charge in [0.15, 0.2) is 0 Å². The molecule has 0 amide bonds.